The van der Waals surface area contributed by atoms with E-state index in [-0.39, 0.29) is 0 Å². The minimum atomic E-state index is -1.21. The topological polar surface area (TPSA) is 27.7 Å². The van der Waals surface area contributed by atoms with E-state index in [1.54, 1.807) is 21.3 Å². The zero-order valence-corrected chi connectivity index (χ0v) is 11.7. The van der Waals surface area contributed by atoms with Crippen molar-refractivity contribution >= 4 is 8.07 Å². The minimum absolute atomic E-state index is 0.882. The molecule has 92 valence electrons. The van der Waals surface area contributed by atoms with Crippen LogP contribution in [-0.2, 0) is 14.2 Å². The molecule has 0 bridgehead atoms. The number of hydrogen-bond donors (Lipinski definition) is 0. The Labute approximate surface area is 95.1 Å². The first-order valence-corrected chi connectivity index (χ1v) is 8.54. The van der Waals surface area contributed by atoms with E-state index in [9.17, 15) is 0 Å². The van der Waals surface area contributed by atoms with E-state index in [1.165, 1.54) is 24.2 Å². The molecule has 0 amide bonds. The summed E-state index contributed by atoms with van der Waals surface area (Å²) >= 11 is 0. The van der Waals surface area contributed by atoms with Crippen molar-refractivity contribution < 1.29 is 14.2 Å². The standard InChI is InChI=1S/C11H26O3Si/c1-5-15(9-6-12-2,10-7-13-3)11-8-14-4/h5-11H2,1-4H3. The van der Waals surface area contributed by atoms with Crippen LogP contribution in [0.5, 0.6) is 0 Å². The first kappa shape index (κ1) is 15.1. The van der Waals surface area contributed by atoms with Gasteiger partial charge >= 0.3 is 0 Å². The van der Waals surface area contributed by atoms with Crippen LogP contribution < -0.4 is 0 Å². The molecule has 0 aliphatic heterocycles. The van der Waals surface area contributed by atoms with Crippen molar-refractivity contribution in [2.75, 3.05) is 41.2 Å². The van der Waals surface area contributed by atoms with E-state index < -0.39 is 8.07 Å². The molecule has 15 heavy (non-hydrogen) atoms. The molecule has 0 rings (SSSR count). The highest BCUT2D eigenvalue weighted by molar-refractivity contribution is 6.80. The molecule has 0 saturated heterocycles. The summed E-state index contributed by atoms with van der Waals surface area (Å²) in [5, 5.41) is 0. The second-order valence-corrected chi connectivity index (χ2v) is 9.29. The van der Waals surface area contributed by atoms with Gasteiger partial charge in [0, 0.05) is 41.2 Å². The van der Waals surface area contributed by atoms with Crippen LogP contribution >= 0.6 is 0 Å². The molecule has 0 N–H and O–H groups in total. The minimum Gasteiger partial charge on any atom is -0.385 e. The third-order valence-electron chi connectivity index (χ3n) is 3.26. The van der Waals surface area contributed by atoms with Crippen molar-refractivity contribution in [3.8, 4) is 0 Å². The summed E-state index contributed by atoms with van der Waals surface area (Å²) in [6.45, 7) is 4.95. The van der Waals surface area contributed by atoms with Crippen LogP contribution in [-0.4, -0.2) is 49.2 Å². The maximum absolute atomic E-state index is 5.21. The first-order valence-electron chi connectivity index (χ1n) is 5.71. The van der Waals surface area contributed by atoms with Crippen LogP contribution in [0.1, 0.15) is 6.92 Å². The molecule has 0 atom stereocenters. The lowest BCUT2D eigenvalue weighted by Crippen LogP contribution is -2.37. The van der Waals surface area contributed by atoms with Crippen LogP contribution in [0.15, 0.2) is 0 Å². The number of methoxy groups -OCH3 is 3. The van der Waals surface area contributed by atoms with Crippen LogP contribution in [0.3, 0.4) is 0 Å². The SMILES string of the molecule is CC[Si](CCOC)(CCOC)CCOC. The Morgan fingerprint density at radius 1 is 0.733 bits per heavy atom. The second kappa shape index (κ2) is 9.33. The average Bonchev–Trinajstić information content (AvgIpc) is 2.29. The van der Waals surface area contributed by atoms with Crippen LogP contribution in [0.25, 0.3) is 0 Å². The molecule has 0 heterocycles. The summed E-state index contributed by atoms with van der Waals surface area (Å²) in [5.41, 5.74) is 0. The lowest BCUT2D eigenvalue weighted by molar-refractivity contribution is 0.201. The lowest BCUT2D eigenvalue weighted by atomic mass is 10.8. The summed E-state index contributed by atoms with van der Waals surface area (Å²) in [7, 11) is 4.13. The number of hydrogen-bond acceptors (Lipinski definition) is 3. The predicted molar refractivity (Wildman–Crippen MR) is 66.3 cm³/mol. The van der Waals surface area contributed by atoms with E-state index in [1.807, 2.05) is 0 Å². The van der Waals surface area contributed by atoms with Crippen molar-refractivity contribution in [1.29, 1.82) is 0 Å². The molecule has 4 heteroatoms. The van der Waals surface area contributed by atoms with Crippen molar-refractivity contribution in [2.45, 2.75) is 31.1 Å². The summed E-state index contributed by atoms with van der Waals surface area (Å²) in [6.07, 6.45) is 0. The molecule has 0 aromatic heterocycles. The largest absolute Gasteiger partial charge is 0.385 e. The zero-order valence-electron chi connectivity index (χ0n) is 10.7. The van der Waals surface area contributed by atoms with E-state index in [2.05, 4.69) is 6.92 Å². The maximum Gasteiger partial charge on any atom is 0.0601 e. The fraction of sp³-hybridized carbons (Fsp3) is 1.00. The molecule has 0 saturated carbocycles. The molecule has 0 fully saturated rings. The zero-order chi connectivity index (χ0) is 11.6. The Balaban J connectivity index is 4.16. The van der Waals surface area contributed by atoms with E-state index in [0.717, 1.165) is 19.8 Å². The molecule has 3 nitrogen and oxygen atoms in total. The van der Waals surface area contributed by atoms with Gasteiger partial charge in [0.1, 0.15) is 0 Å². The molecule has 0 aromatic rings. The molecule has 0 aliphatic carbocycles. The summed E-state index contributed by atoms with van der Waals surface area (Å²) in [6, 6.07) is 4.98. The molecule has 0 unspecified atom stereocenters. The summed E-state index contributed by atoms with van der Waals surface area (Å²) < 4.78 is 15.6. The average molecular weight is 234 g/mol. The fourth-order valence-electron chi connectivity index (χ4n) is 1.86. The Kier molecular flexibility index (Phi) is 9.39. The van der Waals surface area contributed by atoms with Gasteiger partial charge in [0.05, 0.1) is 8.07 Å². The first-order chi connectivity index (χ1) is 7.24. The Morgan fingerprint density at radius 3 is 1.27 bits per heavy atom. The molecule has 0 aromatic carbocycles. The van der Waals surface area contributed by atoms with Gasteiger partial charge in [0.15, 0.2) is 0 Å². The Bertz CT molecular complexity index is 120. The van der Waals surface area contributed by atoms with Crippen molar-refractivity contribution in [2.24, 2.45) is 0 Å². The highest BCUT2D eigenvalue weighted by atomic mass is 28.3. The number of ether oxygens (including phenoxy) is 3. The molecular formula is C11H26O3Si. The van der Waals surface area contributed by atoms with E-state index >= 15 is 0 Å². The summed E-state index contributed by atoms with van der Waals surface area (Å²) in [4.78, 5) is 0. The van der Waals surface area contributed by atoms with Gasteiger partial charge in [-0.15, -0.1) is 0 Å². The molecular weight excluding hydrogens is 208 g/mol. The molecule has 0 spiro atoms. The second-order valence-electron chi connectivity index (χ2n) is 4.08. The highest BCUT2D eigenvalue weighted by Crippen LogP contribution is 2.25. The van der Waals surface area contributed by atoms with Crippen LogP contribution in [0, 0.1) is 0 Å². The van der Waals surface area contributed by atoms with Gasteiger partial charge in [-0.2, -0.15) is 0 Å². The van der Waals surface area contributed by atoms with Gasteiger partial charge < -0.3 is 14.2 Å². The predicted octanol–water partition coefficient (Wildman–Crippen LogP) is 2.39. The van der Waals surface area contributed by atoms with Crippen molar-refractivity contribution in [3.05, 3.63) is 0 Å². The smallest absolute Gasteiger partial charge is 0.0601 e. The van der Waals surface area contributed by atoms with Crippen molar-refractivity contribution in [3.63, 3.8) is 0 Å². The quantitative estimate of drug-likeness (QED) is 0.543. The van der Waals surface area contributed by atoms with Gasteiger partial charge in [0.2, 0.25) is 0 Å². The van der Waals surface area contributed by atoms with Gasteiger partial charge in [-0.05, 0) is 18.1 Å². The van der Waals surface area contributed by atoms with Gasteiger partial charge in [-0.25, -0.2) is 0 Å². The highest BCUT2D eigenvalue weighted by Gasteiger charge is 2.29. The third kappa shape index (κ3) is 6.30. The normalized spacial score (nSPS) is 12.0. The lowest BCUT2D eigenvalue weighted by Gasteiger charge is -2.30. The Hall–Kier alpha value is 0.0969. The molecule has 0 radical (unpaired) electrons. The molecule has 0 aliphatic rings. The van der Waals surface area contributed by atoms with Crippen molar-refractivity contribution in [1.82, 2.24) is 0 Å². The van der Waals surface area contributed by atoms with Gasteiger partial charge in [0.25, 0.3) is 0 Å². The van der Waals surface area contributed by atoms with E-state index in [0.29, 0.717) is 0 Å². The monoisotopic (exact) mass is 234 g/mol. The van der Waals surface area contributed by atoms with Gasteiger partial charge in [-0.3, -0.25) is 0 Å². The van der Waals surface area contributed by atoms with Crippen LogP contribution in [0.4, 0.5) is 0 Å². The van der Waals surface area contributed by atoms with E-state index in [4.69, 9.17) is 14.2 Å². The third-order valence-corrected chi connectivity index (χ3v) is 8.55. The number of rotatable bonds is 10. The van der Waals surface area contributed by atoms with Crippen LogP contribution in [0.2, 0.25) is 24.2 Å². The Morgan fingerprint density at radius 2 is 1.07 bits per heavy atom. The maximum atomic E-state index is 5.21. The fourth-order valence-corrected chi connectivity index (χ4v) is 5.58. The van der Waals surface area contributed by atoms with Gasteiger partial charge in [-0.1, -0.05) is 13.0 Å². The summed E-state index contributed by atoms with van der Waals surface area (Å²) in [5.74, 6) is 0.